The molecule has 0 saturated carbocycles. The van der Waals surface area contributed by atoms with Crippen LogP contribution in [0.15, 0.2) is 30.5 Å². The molecule has 0 spiro atoms. The molecule has 21 heavy (non-hydrogen) atoms. The van der Waals surface area contributed by atoms with Crippen molar-refractivity contribution in [1.29, 1.82) is 0 Å². The lowest BCUT2D eigenvalue weighted by Gasteiger charge is -2.10. The van der Waals surface area contributed by atoms with E-state index in [-0.39, 0.29) is 16.4 Å². The number of ether oxygens (including phenoxy) is 1. The van der Waals surface area contributed by atoms with E-state index in [4.69, 9.17) is 4.74 Å². The summed E-state index contributed by atoms with van der Waals surface area (Å²) in [6.45, 7) is 0. The van der Waals surface area contributed by atoms with E-state index in [9.17, 15) is 20.0 Å². The van der Waals surface area contributed by atoms with Crippen molar-refractivity contribution in [3.63, 3.8) is 0 Å². The van der Waals surface area contributed by atoms with Crippen LogP contribution in [0, 0.1) is 10.1 Å². The van der Waals surface area contributed by atoms with E-state index in [0.29, 0.717) is 5.75 Å². The molecule has 0 aliphatic rings. The van der Waals surface area contributed by atoms with Gasteiger partial charge in [0.15, 0.2) is 0 Å². The van der Waals surface area contributed by atoms with Crippen LogP contribution in [0.2, 0.25) is 0 Å². The molecule has 0 aliphatic heterocycles. The van der Waals surface area contributed by atoms with Crippen LogP contribution in [-0.4, -0.2) is 28.1 Å². The van der Waals surface area contributed by atoms with Gasteiger partial charge in [0.1, 0.15) is 22.9 Å². The normalized spacial score (nSPS) is 11.9. The Balaban J connectivity index is 2.26. The molecule has 0 saturated heterocycles. The molecular formula is C13H12N2O5S. The molecule has 1 atom stereocenters. The lowest BCUT2D eigenvalue weighted by atomic mass is 10.00. The minimum atomic E-state index is -1.07. The van der Waals surface area contributed by atoms with Gasteiger partial charge in [-0.05, 0) is 35.5 Å². The maximum Gasteiger partial charge on any atom is 0.343 e. The van der Waals surface area contributed by atoms with Crippen LogP contribution in [0.4, 0.5) is 5.00 Å². The second-order valence-electron chi connectivity index (χ2n) is 4.24. The van der Waals surface area contributed by atoms with Gasteiger partial charge in [0.05, 0.1) is 12.0 Å². The summed E-state index contributed by atoms with van der Waals surface area (Å²) in [7, 11) is 1.53. The average molecular weight is 308 g/mol. The van der Waals surface area contributed by atoms with Crippen molar-refractivity contribution >= 4 is 22.3 Å². The van der Waals surface area contributed by atoms with Crippen molar-refractivity contribution in [2.45, 2.75) is 12.3 Å². The molecule has 0 fully saturated rings. The minimum Gasteiger partial charge on any atom is -0.497 e. The molecule has 1 aromatic heterocycles. The predicted octanol–water partition coefficient (Wildman–Crippen LogP) is 2.47. The predicted molar refractivity (Wildman–Crippen MR) is 75.8 cm³/mol. The third-order valence-corrected chi connectivity index (χ3v) is 3.92. The van der Waals surface area contributed by atoms with Crippen LogP contribution in [0.3, 0.4) is 0 Å². The first-order chi connectivity index (χ1) is 10.0. The van der Waals surface area contributed by atoms with Gasteiger partial charge in [-0.25, -0.2) is 4.98 Å². The Morgan fingerprint density at radius 1 is 1.57 bits per heavy atom. The quantitative estimate of drug-likeness (QED) is 0.649. The van der Waals surface area contributed by atoms with Gasteiger partial charge in [-0.15, -0.1) is 0 Å². The fourth-order valence-electron chi connectivity index (χ4n) is 1.84. The number of benzene rings is 1. The highest BCUT2D eigenvalue weighted by Crippen LogP contribution is 2.30. The molecule has 0 aliphatic carbocycles. The van der Waals surface area contributed by atoms with E-state index < -0.39 is 16.8 Å². The summed E-state index contributed by atoms with van der Waals surface area (Å²) in [5.41, 5.74) is 0.764. The van der Waals surface area contributed by atoms with Crippen LogP contribution >= 0.6 is 11.3 Å². The van der Waals surface area contributed by atoms with Crippen LogP contribution < -0.4 is 4.74 Å². The van der Waals surface area contributed by atoms with E-state index in [1.807, 2.05) is 0 Å². The van der Waals surface area contributed by atoms with E-state index in [2.05, 4.69) is 4.98 Å². The summed E-state index contributed by atoms with van der Waals surface area (Å²) in [4.78, 5) is 25.3. The first-order valence-electron chi connectivity index (χ1n) is 5.97. The number of thiazole rings is 1. The number of hydrogen-bond acceptors (Lipinski definition) is 6. The second-order valence-corrected chi connectivity index (χ2v) is 5.28. The molecule has 8 heteroatoms. The van der Waals surface area contributed by atoms with Crippen molar-refractivity contribution in [2.75, 3.05) is 7.11 Å². The molecule has 1 unspecified atom stereocenters. The third-order valence-electron chi connectivity index (χ3n) is 2.86. The Kier molecular flexibility index (Phi) is 4.49. The van der Waals surface area contributed by atoms with Crippen molar-refractivity contribution in [2.24, 2.45) is 0 Å². The Morgan fingerprint density at radius 3 is 2.90 bits per heavy atom. The van der Waals surface area contributed by atoms with Crippen LogP contribution in [0.5, 0.6) is 5.75 Å². The van der Waals surface area contributed by atoms with Crippen molar-refractivity contribution < 1.29 is 19.6 Å². The molecule has 110 valence electrons. The SMILES string of the molecule is COc1cccc(CC(C(=O)O)c2ncc([N+](=O)[O-])s2)c1. The number of hydrogen-bond donors (Lipinski definition) is 1. The zero-order valence-electron chi connectivity index (χ0n) is 11.1. The number of aromatic nitrogens is 1. The van der Waals surface area contributed by atoms with Crippen molar-refractivity contribution in [3.05, 3.63) is 51.1 Å². The number of nitro groups is 1. The van der Waals surface area contributed by atoms with Crippen molar-refractivity contribution in [1.82, 2.24) is 4.98 Å². The summed E-state index contributed by atoms with van der Waals surface area (Å²) < 4.78 is 5.09. The Hall–Kier alpha value is -2.48. The molecule has 2 rings (SSSR count). The minimum absolute atomic E-state index is 0.165. The number of rotatable bonds is 6. The molecule has 0 bridgehead atoms. The van der Waals surface area contributed by atoms with Gasteiger partial charge in [0.2, 0.25) is 0 Å². The van der Waals surface area contributed by atoms with Gasteiger partial charge >= 0.3 is 11.0 Å². The van der Waals surface area contributed by atoms with E-state index in [0.717, 1.165) is 23.1 Å². The molecule has 0 amide bonds. The van der Waals surface area contributed by atoms with Gasteiger partial charge in [0.25, 0.3) is 0 Å². The Labute approximate surface area is 124 Å². The topological polar surface area (TPSA) is 103 Å². The second kappa shape index (κ2) is 6.31. The Bertz CT molecular complexity index is 670. The number of carboxylic acid groups (broad SMARTS) is 1. The smallest absolute Gasteiger partial charge is 0.343 e. The molecule has 1 aromatic carbocycles. The van der Waals surface area contributed by atoms with Gasteiger partial charge in [0, 0.05) is 0 Å². The highest BCUT2D eigenvalue weighted by molar-refractivity contribution is 7.15. The van der Waals surface area contributed by atoms with Gasteiger partial charge in [-0.3, -0.25) is 14.9 Å². The monoisotopic (exact) mass is 308 g/mol. The third kappa shape index (κ3) is 3.54. The molecule has 7 nitrogen and oxygen atoms in total. The highest BCUT2D eigenvalue weighted by atomic mass is 32.1. The molecular weight excluding hydrogens is 296 g/mol. The van der Waals surface area contributed by atoms with Gasteiger partial charge in [-0.2, -0.15) is 0 Å². The maximum atomic E-state index is 11.4. The fraction of sp³-hybridized carbons (Fsp3) is 0.231. The lowest BCUT2D eigenvalue weighted by Crippen LogP contribution is -2.14. The molecule has 2 aromatic rings. The summed E-state index contributed by atoms with van der Waals surface area (Å²) in [5, 5.41) is 20.0. The lowest BCUT2D eigenvalue weighted by molar-refractivity contribution is -0.380. The zero-order chi connectivity index (χ0) is 15.4. The van der Waals surface area contributed by atoms with E-state index in [1.54, 1.807) is 24.3 Å². The molecule has 1 heterocycles. The number of aliphatic carboxylic acids is 1. The average Bonchev–Trinajstić information content (AvgIpc) is 2.94. The van der Waals surface area contributed by atoms with Gasteiger partial charge in [-0.1, -0.05) is 12.1 Å². The summed E-state index contributed by atoms with van der Waals surface area (Å²) in [5.74, 6) is -1.36. The van der Waals surface area contributed by atoms with E-state index in [1.165, 1.54) is 7.11 Å². The number of methoxy groups -OCH3 is 1. The van der Waals surface area contributed by atoms with Crippen LogP contribution in [0.25, 0.3) is 0 Å². The largest absolute Gasteiger partial charge is 0.497 e. The summed E-state index contributed by atoms with van der Waals surface area (Å²) >= 11 is 0.784. The molecule has 0 radical (unpaired) electrons. The van der Waals surface area contributed by atoms with Crippen LogP contribution in [0.1, 0.15) is 16.5 Å². The Morgan fingerprint density at radius 2 is 2.33 bits per heavy atom. The fourth-order valence-corrected chi connectivity index (χ4v) is 2.67. The van der Waals surface area contributed by atoms with Crippen molar-refractivity contribution in [3.8, 4) is 5.75 Å². The first-order valence-corrected chi connectivity index (χ1v) is 6.78. The molecule has 1 N–H and O–H groups in total. The van der Waals surface area contributed by atoms with E-state index >= 15 is 0 Å². The highest BCUT2D eigenvalue weighted by Gasteiger charge is 2.26. The summed E-state index contributed by atoms with van der Waals surface area (Å²) in [6.07, 6.45) is 1.28. The van der Waals surface area contributed by atoms with Gasteiger partial charge < -0.3 is 9.84 Å². The number of nitrogens with zero attached hydrogens (tertiary/aromatic N) is 2. The first kappa shape index (κ1) is 14.9. The summed E-state index contributed by atoms with van der Waals surface area (Å²) in [6, 6.07) is 7.03. The zero-order valence-corrected chi connectivity index (χ0v) is 11.9. The number of carbonyl (C=O) groups is 1. The van der Waals surface area contributed by atoms with Crippen LogP contribution in [-0.2, 0) is 11.2 Å². The number of carboxylic acids is 1. The maximum absolute atomic E-state index is 11.4. The standard InChI is InChI=1S/C13H12N2O5S/c1-20-9-4-2-3-8(5-9)6-10(13(16)17)12-14-7-11(21-12)15(18)19/h2-5,7,10H,6H2,1H3,(H,16,17).